The second-order valence-electron chi connectivity index (χ2n) is 6.84. The maximum atomic E-state index is 5.98. The summed E-state index contributed by atoms with van der Waals surface area (Å²) in [5.74, 6) is 1.78. The van der Waals surface area contributed by atoms with E-state index in [-0.39, 0.29) is 6.10 Å². The third-order valence-corrected chi connectivity index (χ3v) is 4.98. The van der Waals surface area contributed by atoms with Gasteiger partial charge in [-0.25, -0.2) is 9.97 Å². The fourth-order valence-corrected chi connectivity index (χ4v) is 3.50. The van der Waals surface area contributed by atoms with Gasteiger partial charge in [-0.15, -0.1) is 0 Å². The summed E-state index contributed by atoms with van der Waals surface area (Å²) in [4.78, 5) is 9.28. The summed E-state index contributed by atoms with van der Waals surface area (Å²) in [5, 5.41) is 1.12. The highest BCUT2D eigenvalue weighted by molar-refractivity contribution is 5.85. The van der Waals surface area contributed by atoms with Crippen molar-refractivity contribution in [1.82, 2.24) is 14.5 Å². The zero-order valence-corrected chi connectivity index (χ0v) is 15.4. The van der Waals surface area contributed by atoms with Crippen LogP contribution in [0.1, 0.15) is 31.7 Å². The van der Waals surface area contributed by atoms with Gasteiger partial charge in [-0.1, -0.05) is 0 Å². The lowest BCUT2D eigenvalue weighted by Crippen LogP contribution is -2.25. The Balaban J connectivity index is 1.58. The highest BCUT2D eigenvalue weighted by atomic mass is 16.5. The van der Waals surface area contributed by atoms with Crippen LogP contribution < -0.4 is 4.74 Å². The topological polar surface area (TPSA) is 49.2 Å². The summed E-state index contributed by atoms with van der Waals surface area (Å²) in [7, 11) is 0. The van der Waals surface area contributed by atoms with Crippen LogP contribution in [0.2, 0.25) is 0 Å². The van der Waals surface area contributed by atoms with Gasteiger partial charge in [-0.3, -0.25) is 0 Å². The number of ether oxygens (including phenoxy) is 2. The minimum absolute atomic E-state index is 0.217. The van der Waals surface area contributed by atoms with Gasteiger partial charge in [0, 0.05) is 30.9 Å². The predicted molar refractivity (Wildman–Crippen MR) is 102 cm³/mol. The molecule has 3 aromatic rings. The third kappa shape index (κ3) is 3.44. The van der Waals surface area contributed by atoms with Crippen molar-refractivity contribution in [3.8, 4) is 17.3 Å². The van der Waals surface area contributed by atoms with Gasteiger partial charge in [0.25, 0.3) is 0 Å². The lowest BCUT2D eigenvalue weighted by atomic mass is 10.1. The SMILES string of the molecule is CCn1ccnc1-c1cc(C)c2cc(OCC3CCCCO3)ccc2n1. The quantitative estimate of drug-likeness (QED) is 0.685. The van der Waals surface area contributed by atoms with Crippen molar-refractivity contribution in [3.63, 3.8) is 0 Å². The van der Waals surface area contributed by atoms with Crippen LogP contribution in [0.5, 0.6) is 5.75 Å². The average Bonchev–Trinajstić information content (AvgIpc) is 3.16. The normalized spacial score (nSPS) is 17.5. The van der Waals surface area contributed by atoms with Gasteiger partial charge < -0.3 is 14.0 Å². The molecule has 136 valence electrons. The number of pyridine rings is 1. The number of nitrogens with zero attached hydrogens (tertiary/aromatic N) is 3. The average molecular weight is 351 g/mol. The monoisotopic (exact) mass is 351 g/mol. The summed E-state index contributed by atoms with van der Waals surface area (Å²) in [5.41, 5.74) is 3.05. The smallest absolute Gasteiger partial charge is 0.158 e. The van der Waals surface area contributed by atoms with Crippen molar-refractivity contribution in [1.29, 1.82) is 0 Å². The number of aromatic nitrogens is 3. The molecule has 0 spiro atoms. The molecule has 26 heavy (non-hydrogen) atoms. The van der Waals surface area contributed by atoms with E-state index < -0.39 is 0 Å². The van der Waals surface area contributed by atoms with Crippen molar-refractivity contribution in [2.45, 2.75) is 45.8 Å². The van der Waals surface area contributed by atoms with Crippen LogP contribution in [-0.2, 0) is 11.3 Å². The first-order chi connectivity index (χ1) is 12.7. The van der Waals surface area contributed by atoms with Crippen LogP contribution in [0.15, 0.2) is 36.7 Å². The number of hydrogen-bond acceptors (Lipinski definition) is 4. The molecule has 5 nitrogen and oxygen atoms in total. The van der Waals surface area contributed by atoms with Crippen LogP contribution in [0.25, 0.3) is 22.4 Å². The van der Waals surface area contributed by atoms with E-state index in [1.807, 2.05) is 24.5 Å². The number of imidazole rings is 1. The van der Waals surface area contributed by atoms with Gasteiger partial charge in [-0.05, 0) is 62.9 Å². The summed E-state index contributed by atoms with van der Waals surface area (Å²) >= 11 is 0. The van der Waals surface area contributed by atoms with E-state index in [1.54, 1.807) is 0 Å². The zero-order valence-electron chi connectivity index (χ0n) is 15.4. The van der Waals surface area contributed by atoms with Crippen LogP contribution in [0.4, 0.5) is 0 Å². The van der Waals surface area contributed by atoms with E-state index in [4.69, 9.17) is 14.5 Å². The summed E-state index contributed by atoms with van der Waals surface area (Å²) in [6.07, 6.45) is 7.50. The third-order valence-electron chi connectivity index (χ3n) is 4.98. The van der Waals surface area contributed by atoms with Gasteiger partial charge in [0.05, 0.1) is 11.6 Å². The minimum atomic E-state index is 0.217. The molecule has 0 N–H and O–H groups in total. The molecular formula is C21H25N3O2. The second-order valence-corrected chi connectivity index (χ2v) is 6.84. The van der Waals surface area contributed by atoms with Crippen molar-refractivity contribution in [2.75, 3.05) is 13.2 Å². The van der Waals surface area contributed by atoms with E-state index in [9.17, 15) is 0 Å². The first-order valence-electron chi connectivity index (χ1n) is 9.42. The molecule has 0 bridgehead atoms. The molecule has 3 heterocycles. The van der Waals surface area contributed by atoms with Crippen molar-refractivity contribution >= 4 is 10.9 Å². The minimum Gasteiger partial charge on any atom is -0.491 e. The van der Waals surface area contributed by atoms with E-state index in [0.29, 0.717) is 6.61 Å². The summed E-state index contributed by atoms with van der Waals surface area (Å²) in [6.45, 7) is 6.57. The Labute approximate surface area is 154 Å². The molecule has 0 saturated carbocycles. The van der Waals surface area contributed by atoms with E-state index >= 15 is 0 Å². The lowest BCUT2D eigenvalue weighted by Gasteiger charge is -2.22. The molecule has 0 aliphatic carbocycles. The van der Waals surface area contributed by atoms with Crippen molar-refractivity contribution < 1.29 is 9.47 Å². The highest BCUT2D eigenvalue weighted by Crippen LogP contribution is 2.27. The predicted octanol–water partition coefficient (Wildman–Crippen LogP) is 4.37. The van der Waals surface area contributed by atoms with Gasteiger partial charge >= 0.3 is 0 Å². The van der Waals surface area contributed by atoms with E-state index in [0.717, 1.165) is 54.2 Å². The van der Waals surface area contributed by atoms with Crippen molar-refractivity contribution in [3.05, 3.63) is 42.2 Å². The Kier molecular flexibility index (Phi) is 4.89. The standard InChI is InChI=1S/C21H25N3O2/c1-3-24-10-9-22-21(24)20-12-15(2)18-13-16(7-8-19(18)23-20)26-14-17-6-4-5-11-25-17/h7-10,12-13,17H,3-6,11,14H2,1-2H3. The number of benzene rings is 1. The van der Waals surface area contributed by atoms with Gasteiger partial charge in [0.15, 0.2) is 5.82 Å². The Bertz CT molecular complexity index is 897. The maximum Gasteiger partial charge on any atom is 0.158 e. The van der Waals surface area contributed by atoms with Crippen LogP contribution in [-0.4, -0.2) is 33.9 Å². The van der Waals surface area contributed by atoms with E-state index in [2.05, 4.69) is 35.5 Å². The Morgan fingerprint density at radius 1 is 1.27 bits per heavy atom. The molecule has 1 aliphatic rings. The van der Waals surface area contributed by atoms with E-state index in [1.165, 1.54) is 12.0 Å². The Morgan fingerprint density at radius 3 is 3.00 bits per heavy atom. The first-order valence-corrected chi connectivity index (χ1v) is 9.42. The first kappa shape index (κ1) is 17.0. The number of hydrogen-bond donors (Lipinski definition) is 0. The maximum absolute atomic E-state index is 5.98. The molecule has 1 unspecified atom stereocenters. The second kappa shape index (κ2) is 7.46. The highest BCUT2D eigenvalue weighted by Gasteiger charge is 2.15. The number of rotatable bonds is 5. The fourth-order valence-electron chi connectivity index (χ4n) is 3.50. The lowest BCUT2D eigenvalue weighted by molar-refractivity contribution is -0.0110. The van der Waals surface area contributed by atoms with Crippen LogP contribution in [0.3, 0.4) is 0 Å². The molecule has 4 rings (SSSR count). The number of aryl methyl sites for hydroxylation is 2. The molecule has 1 fully saturated rings. The molecule has 1 aliphatic heterocycles. The van der Waals surface area contributed by atoms with Crippen LogP contribution in [0, 0.1) is 6.92 Å². The molecule has 2 aromatic heterocycles. The molecular weight excluding hydrogens is 326 g/mol. The summed E-state index contributed by atoms with van der Waals surface area (Å²) in [6, 6.07) is 8.21. The molecule has 0 amide bonds. The largest absolute Gasteiger partial charge is 0.491 e. The molecule has 1 aromatic carbocycles. The summed E-state index contributed by atoms with van der Waals surface area (Å²) < 4.78 is 13.8. The van der Waals surface area contributed by atoms with Crippen LogP contribution >= 0.6 is 0 Å². The zero-order chi connectivity index (χ0) is 17.9. The number of fused-ring (bicyclic) bond motifs is 1. The molecule has 1 saturated heterocycles. The molecule has 1 atom stereocenters. The van der Waals surface area contributed by atoms with Gasteiger partial charge in [0.2, 0.25) is 0 Å². The van der Waals surface area contributed by atoms with Gasteiger partial charge in [0.1, 0.15) is 18.1 Å². The Hall–Kier alpha value is -2.40. The van der Waals surface area contributed by atoms with Gasteiger partial charge in [-0.2, -0.15) is 0 Å². The Morgan fingerprint density at radius 2 is 2.19 bits per heavy atom. The molecule has 0 radical (unpaired) electrons. The fraction of sp³-hybridized carbons (Fsp3) is 0.429. The molecule has 5 heteroatoms. The van der Waals surface area contributed by atoms with Crippen molar-refractivity contribution in [2.24, 2.45) is 0 Å².